The van der Waals surface area contributed by atoms with Gasteiger partial charge in [-0.25, -0.2) is 0 Å². The molecule has 1 unspecified atom stereocenters. The van der Waals surface area contributed by atoms with Crippen LogP contribution < -0.4 is 10.1 Å². The average molecular weight is 326 g/mol. The lowest BCUT2D eigenvalue weighted by Gasteiger charge is -2.37. The highest BCUT2D eigenvalue weighted by atomic mass is 79.9. The number of ether oxygens (including phenoxy) is 2. The molecule has 2 aliphatic rings. The highest BCUT2D eigenvalue weighted by Crippen LogP contribution is 2.33. The summed E-state index contributed by atoms with van der Waals surface area (Å²) in [7, 11) is 0. The Morgan fingerprint density at radius 1 is 1.47 bits per heavy atom. The van der Waals surface area contributed by atoms with Crippen LogP contribution in [0.15, 0.2) is 22.7 Å². The van der Waals surface area contributed by atoms with Crippen molar-refractivity contribution in [3.8, 4) is 5.75 Å². The quantitative estimate of drug-likeness (QED) is 0.921. The lowest BCUT2D eigenvalue weighted by atomic mass is 9.90. The molecule has 0 saturated carbocycles. The maximum absolute atomic E-state index is 5.91. The van der Waals surface area contributed by atoms with Crippen LogP contribution in [0.25, 0.3) is 0 Å². The molecule has 2 fully saturated rings. The second-order valence-electron chi connectivity index (χ2n) is 5.93. The van der Waals surface area contributed by atoms with Crippen LogP contribution in [0.1, 0.15) is 31.4 Å². The Morgan fingerprint density at radius 2 is 2.32 bits per heavy atom. The minimum absolute atomic E-state index is 0.186. The molecule has 0 aliphatic carbocycles. The van der Waals surface area contributed by atoms with E-state index in [0.717, 1.165) is 30.0 Å². The average Bonchev–Trinajstić information content (AvgIpc) is 2.89. The Bertz CT molecular complexity index is 453. The van der Waals surface area contributed by atoms with E-state index in [4.69, 9.17) is 9.47 Å². The molecule has 0 radical (unpaired) electrons. The zero-order valence-electron chi connectivity index (χ0n) is 11.2. The van der Waals surface area contributed by atoms with Gasteiger partial charge >= 0.3 is 0 Å². The summed E-state index contributed by atoms with van der Waals surface area (Å²) in [4.78, 5) is 0. The minimum Gasteiger partial charge on any atom is -0.492 e. The van der Waals surface area contributed by atoms with E-state index < -0.39 is 0 Å². The fourth-order valence-electron chi connectivity index (χ4n) is 2.61. The van der Waals surface area contributed by atoms with E-state index in [9.17, 15) is 0 Å². The van der Waals surface area contributed by atoms with Gasteiger partial charge in [0.05, 0.1) is 24.3 Å². The third-order valence-corrected chi connectivity index (χ3v) is 4.52. The molecular weight excluding hydrogens is 306 g/mol. The number of hydrogen-bond acceptors (Lipinski definition) is 3. The van der Waals surface area contributed by atoms with Crippen LogP contribution in [0.2, 0.25) is 0 Å². The van der Waals surface area contributed by atoms with Crippen LogP contribution in [0.5, 0.6) is 5.75 Å². The maximum Gasteiger partial charge on any atom is 0.133 e. The molecule has 19 heavy (non-hydrogen) atoms. The van der Waals surface area contributed by atoms with Gasteiger partial charge in [0.15, 0.2) is 0 Å². The molecule has 4 heteroatoms. The van der Waals surface area contributed by atoms with Gasteiger partial charge in [-0.3, -0.25) is 0 Å². The van der Waals surface area contributed by atoms with E-state index in [1.54, 1.807) is 0 Å². The fourth-order valence-corrected chi connectivity index (χ4v) is 3.12. The molecule has 2 aliphatic heterocycles. The topological polar surface area (TPSA) is 30.5 Å². The van der Waals surface area contributed by atoms with Crippen molar-refractivity contribution >= 4 is 15.9 Å². The minimum atomic E-state index is 0.186. The van der Waals surface area contributed by atoms with Crippen molar-refractivity contribution in [2.45, 2.75) is 25.8 Å². The van der Waals surface area contributed by atoms with Crippen molar-refractivity contribution in [3.05, 3.63) is 28.2 Å². The molecule has 0 amide bonds. The first-order valence-electron chi connectivity index (χ1n) is 6.90. The van der Waals surface area contributed by atoms with Gasteiger partial charge in [-0.1, -0.05) is 13.0 Å². The number of hydrogen-bond donors (Lipinski definition) is 1. The predicted octanol–water partition coefficient (Wildman–Crippen LogP) is 3.29. The third-order valence-electron chi connectivity index (χ3n) is 3.90. The molecule has 1 aromatic carbocycles. The monoisotopic (exact) mass is 325 g/mol. The molecule has 104 valence electrons. The molecule has 3 rings (SSSR count). The molecule has 0 bridgehead atoms. The summed E-state index contributed by atoms with van der Waals surface area (Å²) >= 11 is 3.62. The van der Waals surface area contributed by atoms with Crippen molar-refractivity contribution in [2.75, 3.05) is 26.4 Å². The lowest BCUT2D eigenvalue weighted by molar-refractivity contribution is -0.120. The summed E-state index contributed by atoms with van der Waals surface area (Å²) in [6, 6.07) is 6.92. The first-order chi connectivity index (χ1) is 9.16. The van der Waals surface area contributed by atoms with Crippen molar-refractivity contribution in [3.63, 3.8) is 0 Å². The first-order valence-corrected chi connectivity index (χ1v) is 7.69. The Kier molecular flexibility index (Phi) is 3.83. The molecule has 1 aromatic rings. The number of halogens is 1. The molecule has 2 saturated heterocycles. The van der Waals surface area contributed by atoms with Gasteiger partial charge < -0.3 is 14.8 Å². The second kappa shape index (κ2) is 5.43. The Labute approximate surface area is 122 Å². The highest BCUT2D eigenvalue weighted by molar-refractivity contribution is 9.10. The first kappa shape index (κ1) is 13.4. The van der Waals surface area contributed by atoms with Crippen LogP contribution in [0, 0.1) is 5.41 Å². The van der Waals surface area contributed by atoms with Crippen LogP contribution >= 0.6 is 15.9 Å². The second-order valence-corrected chi connectivity index (χ2v) is 6.79. The van der Waals surface area contributed by atoms with E-state index in [1.807, 2.05) is 0 Å². The van der Waals surface area contributed by atoms with E-state index in [1.165, 1.54) is 18.4 Å². The Balaban J connectivity index is 1.65. The molecule has 1 atom stereocenters. The molecule has 3 nitrogen and oxygen atoms in total. The normalized spacial score (nSPS) is 25.1. The smallest absolute Gasteiger partial charge is 0.133 e. The largest absolute Gasteiger partial charge is 0.492 e. The SMILES string of the molecule is CC1(COc2ccc(C3CCCN3)cc2Br)COC1. The molecule has 2 heterocycles. The summed E-state index contributed by atoms with van der Waals surface area (Å²) in [5.41, 5.74) is 1.53. The van der Waals surface area contributed by atoms with Crippen molar-refractivity contribution in [2.24, 2.45) is 5.41 Å². The van der Waals surface area contributed by atoms with Gasteiger partial charge in [-0.2, -0.15) is 0 Å². The van der Waals surface area contributed by atoms with E-state index >= 15 is 0 Å². The molecular formula is C15H20BrNO2. The summed E-state index contributed by atoms with van der Waals surface area (Å²) < 4.78 is 12.2. The van der Waals surface area contributed by atoms with Gasteiger partial charge in [0, 0.05) is 11.5 Å². The van der Waals surface area contributed by atoms with Crippen molar-refractivity contribution in [1.82, 2.24) is 5.32 Å². The Hall–Kier alpha value is -0.580. The standard InChI is InChI=1S/C15H20BrNO2/c1-15(8-18-9-15)10-19-14-5-4-11(7-12(14)16)13-3-2-6-17-13/h4-5,7,13,17H,2-3,6,8-10H2,1H3. The van der Waals surface area contributed by atoms with E-state index in [2.05, 4.69) is 46.4 Å². The molecule has 0 aromatic heterocycles. The zero-order chi connectivity index (χ0) is 13.3. The van der Waals surface area contributed by atoms with Gasteiger partial charge in [0.1, 0.15) is 5.75 Å². The van der Waals surface area contributed by atoms with Crippen molar-refractivity contribution in [1.29, 1.82) is 0 Å². The van der Waals surface area contributed by atoms with Crippen LogP contribution in [0.4, 0.5) is 0 Å². The Morgan fingerprint density at radius 3 is 2.89 bits per heavy atom. The number of nitrogens with one attached hydrogen (secondary N) is 1. The van der Waals surface area contributed by atoms with Crippen molar-refractivity contribution < 1.29 is 9.47 Å². The summed E-state index contributed by atoms with van der Waals surface area (Å²) in [6.07, 6.45) is 2.49. The maximum atomic E-state index is 5.91. The highest BCUT2D eigenvalue weighted by Gasteiger charge is 2.34. The third kappa shape index (κ3) is 2.96. The molecule has 1 N–H and O–H groups in total. The van der Waals surface area contributed by atoms with Crippen LogP contribution in [-0.4, -0.2) is 26.4 Å². The van der Waals surface area contributed by atoms with Gasteiger partial charge in [-0.05, 0) is 53.0 Å². The number of rotatable bonds is 4. The van der Waals surface area contributed by atoms with E-state index in [-0.39, 0.29) is 5.41 Å². The van der Waals surface area contributed by atoms with Gasteiger partial charge in [-0.15, -0.1) is 0 Å². The fraction of sp³-hybridized carbons (Fsp3) is 0.600. The molecule has 0 spiro atoms. The van der Waals surface area contributed by atoms with Gasteiger partial charge in [0.25, 0.3) is 0 Å². The van der Waals surface area contributed by atoms with Crippen LogP contribution in [0.3, 0.4) is 0 Å². The number of benzene rings is 1. The van der Waals surface area contributed by atoms with Crippen LogP contribution in [-0.2, 0) is 4.74 Å². The zero-order valence-corrected chi connectivity index (χ0v) is 12.8. The van der Waals surface area contributed by atoms with Gasteiger partial charge in [0.2, 0.25) is 0 Å². The summed E-state index contributed by atoms with van der Waals surface area (Å²) in [5.74, 6) is 0.926. The van der Waals surface area contributed by atoms with E-state index in [0.29, 0.717) is 12.6 Å². The summed E-state index contributed by atoms with van der Waals surface area (Å²) in [5, 5.41) is 3.52. The predicted molar refractivity (Wildman–Crippen MR) is 78.5 cm³/mol. The summed E-state index contributed by atoms with van der Waals surface area (Å²) in [6.45, 7) is 5.64. The lowest BCUT2D eigenvalue weighted by Crippen LogP contribution is -2.44.